The van der Waals surface area contributed by atoms with Crippen LogP contribution in [0.2, 0.25) is 0 Å². The second-order valence-electron chi connectivity index (χ2n) is 8.71. The molecular formula is C24H36N2O2. The fourth-order valence-corrected chi connectivity index (χ4v) is 4.66. The van der Waals surface area contributed by atoms with Gasteiger partial charge in [0.2, 0.25) is 0 Å². The van der Waals surface area contributed by atoms with Crippen molar-refractivity contribution in [3.63, 3.8) is 0 Å². The molecule has 1 saturated heterocycles. The molecule has 4 nitrogen and oxygen atoms in total. The van der Waals surface area contributed by atoms with E-state index < -0.39 is 5.79 Å². The zero-order valence-corrected chi connectivity index (χ0v) is 18.0. The number of benzene rings is 1. The highest BCUT2D eigenvalue weighted by Gasteiger charge is 2.43. The molecule has 28 heavy (non-hydrogen) atoms. The van der Waals surface area contributed by atoms with E-state index in [0.717, 1.165) is 32.6 Å². The summed E-state index contributed by atoms with van der Waals surface area (Å²) >= 11 is 0. The number of rotatable bonds is 9. The zero-order valence-electron chi connectivity index (χ0n) is 18.0. The van der Waals surface area contributed by atoms with Crippen molar-refractivity contribution in [3.05, 3.63) is 53.6 Å². The summed E-state index contributed by atoms with van der Waals surface area (Å²) in [6.45, 7) is 11.3. The molecule has 0 atom stereocenters. The molecule has 0 amide bonds. The quantitative estimate of drug-likeness (QED) is 0.576. The summed E-state index contributed by atoms with van der Waals surface area (Å²) in [6.07, 6.45) is 12.0. The maximum absolute atomic E-state index is 6.61. The molecule has 3 rings (SSSR count). The lowest BCUT2D eigenvalue weighted by Crippen LogP contribution is -2.51. The van der Waals surface area contributed by atoms with Crippen LogP contribution in [0, 0.1) is 19.3 Å². The van der Waals surface area contributed by atoms with E-state index in [1.54, 1.807) is 0 Å². The molecule has 0 unspecified atom stereocenters. The molecule has 2 aromatic rings. The Labute approximate surface area is 170 Å². The van der Waals surface area contributed by atoms with Crippen LogP contribution in [0.5, 0.6) is 0 Å². The first-order chi connectivity index (χ1) is 13.5. The lowest BCUT2D eigenvalue weighted by atomic mass is 9.79. The molecule has 0 radical (unpaired) electrons. The second kappa shape index (κ2) is 9.23. The minimum Gasteiger partial charge on any atom is -0.349 e. The van der Waals surface area contributed by atoms with Gasteiger partial charge in [0, 0.05) is 37.2 Å². The van der Waals surface area contributed by atoms with Gasteiger partial charge in [-0.05, 0) is 32.3 Å². The van der Waals surface area contributed by atoms with E-state index in [0.29, 0.717) is 0 Å². The summed E-state index contributed by atoms with van der Waals surface area (Å²) in [5.41, 5.74) is 4.05. The molecule has 1 aliphatic heterocycles. The fraction of sp³-hybridized carbons (Fsp3) is 0.625. The zero-order chi connectivity index (χ0) is 20.0. The van der Waals surface area contributed by atoms with E-state index >= 15 is 0 Å². The van der Waals surface area contributed by atoms with Crippen LogP contribution in [-0.4, -0.2) is 28.6 Å². The predicted octanol–water partition coefficient (Wildman–Crippen LogP) is 5.46. The molecule has 4 heteroatoms. The van der Waals surface area contributed by atoms with Crippen molar-refractivity contribution >= 4 is 0 Å². The standard InChI is InChI=1S/C24H36N2O2/c1-5-7-23(8-6-2)17-27-24(28-18-23,9-11-26-12-10-25-19-26)16-22-14-20(3)13-21(4)15-22/h10,12-15,19H,5-9,11,16-18H2,1-4H3. The molecule has 0 aliphatic carbocycles. The van der Waals surface area contributed by atoms with Crippen LogP contribution in [0.1, 0.15) is 62.6 Å². The summed E-state index contributed by atoms with van der Waals surface area (Å²) in [5.74, 6) is -0.560. The summed E-state index contributed by atoms with van der Waals surface area (Å²) in [7, 11) is 0. The number of aromatic nitrogens is 2. The molecule has 1 fully saturated rings. The van der Waals surface area contributed by atoms with Crippen molar-refractivity contribution in [3.8, 4) is 0 Å². The van der Waals surface area contributed by atoms with Gasteiger partial charge in [-0.2, -0.15) is 0 Å². The summed E-state index contributed by atoms with van der Waals surface area (Å²) < 4.78 is 15.3. The van der Waals surface area contributed by atoms with Crippen molar-refractivity contribution in [2.45, 2.75) is 78.6 Å². The number of hydrogen-bond acceptors (Lipinski definition) is 3. The molecule has 0 N–H and O–H groups in total. The van der Waals surface area contributed by atoms with E-state index in [9.17, 15) is 0 Å². The first-order valence-corrected chi connectivity index (χ1v) is 10.8. The molecule has 0 spiro atoms. The van der Waals surface area contributed by atoms with Crippen LogP contribution in [0.4, 0.5) is 0 Å². The average Bonchev–Trinajstić information content (AvgIpc) is 3.16. The summed E-state index contributed by atoms with van der Waals surface area (Å²) in [4.78, 5) is 4.17. The lowest BCUT2D eigenvalue weighted by Gasteiger charge is -2.47. The Morgan fingerprint density at radius 1 is 0.964 bits per heavy atom. The van der Waals surface area contributed by atoms with Crippen molar-refractivity contribution in [1.29, 1.82) is 0 Å². The Hall–Kier alpha value is -1.65. The van der Waals surface area contributed by atoms with Gasteiger partial charge in [-0.3, -0.25) is 0 Å². The largest absolute Gasteiger partial charge is 0.349 e. The molecule has 0 saturated carbocycles. The molecule has 1 aliphatic rings. The Bertz CT molecular complexity index is 703. The van der Waals surface area contributed by atoms with Gasteiger partial charge in [-0.15, -0.1) is 0 Å². The van der Waals surface area contributed by atoms with Crippen LogP contribution in [0.15, 0.2) is 36.9 Å². The van der Waals surface area contributed by atoms with E-state index in [1.807, 2.05) is 18.7 Å². The lowest BCUT2D eigenvalue weighted by molar-refractivity contribution is -0.309. The Kier molecular flexibility index (Phi) is 6.95. The van der Waals surface area contributed by atoms with Gasteiger partial charge in [-0.1, -0.05) is 56.0 Å². The third-order valence-electron chi connectivity index (χ3n) is 5.91. The highest BCUT2D eigenvalue weighted by atomic mass is 16.7. The fourth-order valence-electron chi connectivity index (χ4n) is 4.66. The molecule has 0 bridgehead atoms. The van der Waals surface area contributed by atoms with Crippen LogP contribution in [0.25, 0.3) is 0 Å². The van der Waals surface area contributed by atoms with Gasteiger partial charge in [0.1, 0.15) is 0 Å². The van der Waals surface area contributed by atoms with Crippen molar-refractivity contribution in [1.82, 2.24) is 9.55 Å². The third-order valence-corrected chi connectivity index (χ3v) is 5.91. The number of nitrogens with zero attached hydrogens (tertiary/aromatic N) is 2. The van der Waals surface area contributed by atoms with Gasteiger partial charge in [-0.25, -0.2) is 4.98 Å². The Morgan fingerprint density at radius 2 is 1.61 bits per heavy atom. The van der Waals surface area contributed by atoms with E-state index in [-0.39, 0.29) is 5.41 Å². The normalized spacial score (nSPS) is 18.3. The Balaban J connectivity index is 1.79. The molecule has 154 valence electrons. The molecule has 1 aromatic carbocycles. The number of imidazole rings is 1. The summed E-state index contributed by atoms with van der Waals surface area (Å²) in [5, 5.41) is 0. The van der Waals surface area contributed by atoms with Crippen LogP contribution >= 0.6 is 0 Å². The average molecular weight is 385 g/mol. The highest BCUT2D eigenvalue weighted by Crippen LogP contribution is 2.40. The second-order valence-corrected chi connectivity index (χ2v) is 8.71. The monoisotopic (exact) mass is 384 g/mol. The van der Waals surface area contributed by atoms with Gasteiger partial charge >= 0.3 is 0 Å². The van der Waals surface area contributed by atoms with Crippen molar-refractivity contribution in [2.75, 3.05) is 13.2 Å². The van der Waals surface area contributed by atoms with E-state index in [4.69, 9.17) is 9.47 Å². The van der Waals surface area contributed by atoms with Gasteiger partial charge < -0.3 is 14.0 Å². The maximum Gasteiger partial charge on any atom is 0.174 e. The van der Waals surface area contributed by atoms with Crippen LogP contribution in [-0.2, 0) is 22.4 Å². The number of hydrogen-bond donors (Lipinski definition) is 0. The van der Waals surface area contributed by atoms with Crippen LogP contribution in [0.3, 0.4) is 0 Å². The minimum atomic E-state index is -0.560. The predicted molar refractivity (Wildman–Crippen MR) is 113 cm³/mol. The first kappa shape index (κ1) is 21.1. The molecular weight excluding hydrogens is 348 g/mol. The number of ether oxygens (including phenoxy) is 2. The Morgan fingerprint density at radius 3 is 2.14 bits per heavy atom. The SMILES string of the molecule is CCCC1(CCC)COC(CCn2ccnc2)(Cc2cc(C)cc(C)c2)OC1. The number of aryl methyl sites for hydroxylation is 3. The maximum atomic E-state index is 6.61. The van der Waals surface area contributed by atoms with Crippen LogP contribution < -0.4 is 0 Å². The molecule has 2 heterocycles. The first-order valence-electron chi connectivity index (χ1n) is 10.8. The smallest absolute Gasteiger partial charge is 0.174 e. The summed E-state index contributed by atoms with van der Waals surface area (Å²) in [6, 6.07) is 6.75. The topological polar surface area (TPSA) is 36.3 Å². The highest BCUT2D eigenvalue weighted by molar-refractivity contribution is 5.29. The van der Waals surface area contributed by atoms with Gasteiger partial charge in [0.15, 0.2) is 5.79 Å². The van der Waals surface area contributed by atoms with Gasteiger partial charge in [0.25, 0.3) is 0 Å². The van der Waals surface area contributed by atoms with Crippen molar-refractivity contribution in [2.24, 2.45) is 5.41 Å². The van der Waals surface area contributed by atoms with Crippen molar-refractivity contribution < 1.29 is 9.47 Å². The van der Waals surface area contributed by atoms with Gasteiger partial charge in [0.05, 0.1) is 19.5 Å². The minimum absolute atomic E-state index is 0.171. The van der Waals surface area contributed by atoms with E-state index in [1.165, 1.54) is 42.4 Å². The third kappa shape index (κ3) is 5.24. The van der Waals surface area contributed by atoms with E-state index in [2.05, 4.69) is 55.4 Å². The molecule has 1 aromatic heterocycles.